The predicted octanol–water partition coefficient (Wildman–Crippen LogP) is 5.66. The van der Waals surface area contributed by atoms with E-state index in [1.807, 2.05) is 71.6 Å². The molecule has 4 aliphatic heterocycles. The molecule has 1 aromatic carbocycles. The maximum absolute atomic E-state index is 11.2. The lowest BCUT2D eigenvalue weighted by Gasteiger charge is -2.56. The third-order valence-electron chi connectivity index (χ3n) is 9.61. The zero-order valence-corrected chi connectivity index (χ0v) is 26.3. The van der Waals surface area contributed by atoms with Crippen LogP contribution in [0.1, 0.15) is 70.6 Å². The molecule has 0 radical (unpaired) electrons. The van der Waals surface area contributed by atoms with Crippen molar-refractivity contribution in [2.45, 2.75) is 126 Å². The van der Waals surface area contributed by atoms with Gasteiger partial charge in [0.2, 0.25) is 0 Å². The fraction of sp³-hybridized carbons (Fsp3) is 0.556. The number of allylic oxidation sites excluding steroid dienone is 4. The summed E-state index contributed by atoms with van der Waals surface area (Å²) >= 11 is 0. The fourth-order valence-electron chi connectivity index (χ4n) is 7.35. The number of hydrogen-bond acceptors (Lipinski definition) is 7. The molecule has 3 fully saturated rings. The van der Waals surface area contributed by atoms with E-state index in [-0.39, 0.29) is 30.5 Å². The molecule has 1 N–H and O–H groups in total. The molecule has 44 heavy (non-hydrogen) atoms. The van der Waals surface area contributed by atoms with Crippen molar-refractivity contribution in [3.8, 4) is 0 Å². The Labute approximate surface area is 261 Å². The Kier molecular flexibility index (Phi) is 9.09. The number of fused-ring (bicyclic) bond motifs is 3. The zero-order chi connectivity index (χ0) is 30.8. The molecule has 3 saturated heterocycles. The monoisotopic (exact) mass is 601 g/mol. The van der Waals surface area contributed by atoms with Gasteiger partial charge in [-0.25, -0.2) is 4.68 Å². The highest BCUT2D eigenvalue weighted by Gasteiger charge is 2.58. The van der Waals surface area contributed by atoms with Crippen molar-refractivity contribution in [3.05, 3.63) is 96.9 Å². The van der Waals surface area contributed by atoms with E-state index in [1.165, 1.54) is 5.56 Å². The molecule has 0 unspecified atom stereocenters. The zero-order valence-electron chi connectivity index (χ0n) is 26.3. The topological polar surface area (TPSA) is 87.9 Å². The third-order valence-corrected chi connectivity index (χ3v) is 9.61. The van der Waals surface area contributed by atoms with Crippen molar-refractivity contribution in [2.75, 3.05) is 0 Å². The molecule has 0 spiro atoms. The second kappa shape index (κ2) is 12.9. The number of ether oxygens (including phenoxy) is 4. The minimum absolute atomic E-state index is 0.0243. The van der Waals surface area contributed by atoms with E-state index in [0.717, 1.165) is 37.8 Å². The molecule has 1 aromatic heterocycles. The standard InChI is InChI=1S/C36H47N3O5/c1-5-6-7-8-12-17-31-34(2,40)20-19-29-30(41-31)22-33-36(4,44-29)25-35(3)32(42-33)18-13-16-28(43-35)21-27-24-39(38-37-27)23-26-14-10-9-11-15-26/h5,7-12,14-15,17,19-20,24,28-33,40H,1,6,13,16,18,21-23,25H2,2-4H3/b8-7-,17-12-/t28-,29-,30+,31-,32+,33-,34+,35-,36+/m1/s1. The predicted molar refractivity (Wildman–Crippen MR) is 169 cm³/mol. The largest absolute Gasteiger partial charge is 0.383 e. The first kappa shape index (κ1) is 31.1. The highest BCUT2D eigenvalue weighted by Crippen LogP contribution is 2.49. The first-order valence-electron chi connectivity index (χ1n) is 16.1. The molecule has 0 amide bonds. The molecule has 0 saturated carbocycles. The van der Waals surface area contributed by atoms with Crippen molar-refractivity contribution >= 4 is 0 Å². The molecule has 236 valence electrons. The fourth-order valence-corrected chi connectivity index (χ4v) is 7.35. The summed E-state index contributed by atoms with van der Waals surface area (Å²) in [6, 6.07) is 10.3. The van der Waals surface area contributed by atoms with Crippen LogP contribution in [0.3, 0.4) is 0 Å². The SMILES string of the molecule is C=CC/C=C\C=C/[C@H]1O[C@H]2C[C@H]3O[C@H]4CCC[C@H](Cc5cn(Cc6ccccc6)nn5)O[C@]4(C)C[C@]3(C)O[C@@H]2C=C[C@]1(C)O. The molecule has 0 bridgehead atoms. The van der Waals surface area contributed by atoms with E-state index in [1.54, 1.807) is 6.92 Å². The average Bonchev–Trinajstić information content (AvgIpc) is 3.30. The summed E-state index contributed by atoms with van der Waals surface area (Å²) < 4.78 is 29.1. The minimum atomic E-state index is -1.16. The average molecular weight is 602 g/mol. The Hall–Kier alpha value is -2.88. The maximum atomic E-state index is 11.2. The minimum Gasteiger partial charge on any atom is -0.383 e. The van der Waals surface area contributed by atoms with Crippen molar-refractivity contribution in [3.63, 3.8) is 0 Å². The molecule has 2 aromatic rings. The van der Waals surface area contributed by atoms with Gasteiger partial charge in [0.1, 0.15) is 17.8 Å². The van der Waals surface area contributed by atoms with Gasteiger partial charge in [0.25, 0.3) is 0 Å². The van der Waals surface area contributed by atoms with Gasteiger partial charge < -0.3 is 24.1 Å². The first-order valence-corrected chi connectivity index (χ1v) is 16.1. The summed E-state index contributed by atoms with van der Waals surface area (Å²) in [5.41, 5.74) is -0.0691. The van der Waals surface area contributed by atoms with E-state index in [0.29, 0.717) is 19.4 Å². The van der Waals surface area contributed by atoms with E-state index in [9.17, 15) is 5.11 Å². The normalized spacial score (nSPS) is 38.9. The molecule has 8 heteroatoms. The maximum Gasteiger partial charge on any atom is 0.110 e. The van der Waals surface area contributed by atoms with Crippen LogP contribution in [0, 0.1) is 0 Å². The molecular weight excluding hydrogens is 554 g/mol. The van der Waals surface area contributed by atoms with E-state index >= 15 is 0 Å². The van der Waals surface area contributed by atoms with Gasteiger partial charge >= 0.3 is 0 Å². The number of rotatable bonds is 8. The van der Waals surface area contributed by atoms with Crippen molar-refractivity contribution < 1.29 is 24.1 Å². The van der Waals surface area contributed by atoms with E-state index < -0.39 is 22.9 Å². The van der Waals surface area contributed by atoms with Gasteiger partial charge in [0, 0.05) is 25.5 Å². The van der Waals surface area contributed by atoms with Crippen LogP contribution >= 0.6 is 0 Å². The summed E-state index contributed by atoms with van der Waals surface area (Å²) in [6.45, 7) is 10.6. The number of aromatic nitrogens is 3. The van der Waals surface area contributed by atoms with Crippen LogP contribution < -0.4 is 0 Å². The Morgan fingerprint density at radius 3 is 2.68 bits per heavy atom. The van der Waals surface area contributed by atoms with Crippen LogP contribution in [0.2, 0.25) is 0 Å². The van der Waals surface area contributed by atoms with Crippen LogP contribution in [0.25, 0.3) is 0 Å². The smallest absolute Gasteiger partial charge is 0.110 e. The lowest BCUT2D eigenvalue weighted by Crippen LogP contribution is -2.66. The lowest BCUT2D eigenvalue weighted by molar-refractivity contribution is -0.314. The van der Waals surface area contributed by atoms with Gasteiger partial charge in [0.05, 0.1) is 47.9 Å². The lowest BCUT2D eigenvalue weighted by atomic mass is 9.74. The second-order valence-electron chi connectivity index (χ2n) is 13.5. The number of nitrogens with zero attached hydrogens (tertiary/aromatic N) is 3. The van der Waals surface area contributed by atoms with Crippen LogP contribution in [0.15, 0.2) is 85.6 Å². The molecule has 0 aliphatic carbocycles. The molecule has 6 rings (SSSR count). The number of hydrogen-bond donors (Lipinski definition) is 1. The highest BCUT2D eigenvalue weighted by molar-refractivity contribution is 5.20. The Bertz CT molecular complexity index is 1370. The van der Waals surface area contributed by atoms with Crippen molar-refractivity contribution in [1.82, 2.24) is 15.0 Å². The Balaban J connectivity index is 1.13. The van der Waals surface area contributed by atoms with Gasteiger partial charge in [0.15, 0.2) is 0 Å². The second-order valence-corrected chi connectivity index (χ2v) is 13.5. The van der Waals surface area contributed by atoms with Crippen LogP contribution in [-0.2, 0) is 31.9 Å². The summed E-state index contributed by atoms with van der Waals surface area (Å²) in [7, 11) is 0. The molecule has 4 aliphatic rings. The van der Waals surface area contributed by atoms with E-state index in [4.69, 9.17) is 18.9 Å². The summed E-state index contributed by atoms with van der Waals surface area (Å²) in [4.78, 5) is 0. The number of benzene rings is 1. The van der Waals surface area contributed by atoms with Crippen LogP contribution in [-0.4, -0.2) is 73.5 Å². The number of aliphatic hydroxyl groups is 1. The van der Waals surface area contributed by atoms with Gasteiger partial charge in [-0.1, -0.05) is 78.1 Å². The third kappa shape index (κ3) is 6.85. The first-order chi connectivity index (χ1) is 21.2. The molecule has 8 nitrogen and oxygen atoms in total. The van der Waals surface area contributed by atoms with Crippen LogP contribution in [0.5, 0.6) is 0 Å². The van der Waals surface area contributed by atoms with Crippen molar-refractivity contribution in [1.29, 1.82) is 0 Å². The van der Waals surface area contributed by atoms with Gasteiger partial charge in [-0.2, -0.15) is 0 Å². The van der Waals surface area contributed by atoms with Gasteiger partial charge in [-0.3, -0.25) is 0 Å². The van der Waals surface area contributed by atoms with E-state index in [2.05, 4.69) is 42.9 Å². The molecule has 9 atom stereocenters. The highest BCUT2D eigenvalue weighted by atomic mass is 16.6. The summed E-state index contributed by atoms with van der Waals surface area (Å²) in [5, 5.41) is 20.1. The van der Waals surface area contributed by atoms with Crippen molar-refractivity contribution in [2.24, 2.45) is 0 Å². The summed E-state index contributed by atoms with van der Waals surface area (Å²) in [5.74, 6) is 0. The van der Waals surface area contributed by atoms with Crippen LogP contribution in [0.4, 0.5) is 0 Å². The Morgan fingerprint density at radius 1 is 1.05 bits per heavy atom. The Morgan fingerprint density at radius 2 is 1.86 bits per heavy atom. The molecule has 5 heterocycles. The van der Waals surface area contributed by atoms with Gasteiger partial charge in [-0.05, 0) is 52.0 Å². The summed E-state index contributed by atoms with van der Waals surface area (Å²) in [6.07, 6.45) is 20.2. The quantitative estimate of drug-likeness (QED) is 0.308. The van der Waals surface area contributed by atoms with Gasteiger partial charge in [-0.15, -0.1) is 11.7 Å². The molecular formula is C36H47N3O5.